The summed E-state index contributed by atoms with van der Waals surface area (Å²) in [5, 5.41) is 27.2. The minimum absolute atomic E-state index is 0.166. The molecule has 0 radical (unpaired) electrons. The van der Waals surface area contributed by atoms with Gasteiger partial charge in [-0.25, -0.2) is 4.68 Å². The molecule has 0 saturated heterocycles. The number of likely N-dealkylation sites (N-methyl/N-ethyl adjacent to an activating group) is 1. The van der Waals surface area contributed by atoms with Gasteiger partial charge in [0.15, 0.2) is 11.5 Å². The molecule has 3 rings (SSSR count). The molecule has 0 aliphatic carbocycles. The molecular weight excluding hydrogens is 320 g/mol. The summed E-state index contributed by atoms with van der Waals surface area (Å²) in [5.74, 6) is 0.446. The average Bonchev–Trinajstić information content (AvgIpc) is 3.08. The average molecular weight is 340 g/mol. The molecule has 0 saturated carbocycles. The lowest BCUT2D eigenvalue weighted by Crippen LogP contribution is -2.19. The number of phenolic OH excluding ortho intramolecular Hbond substituents is 2. The van der Waals surface area contributed by atoms with Gasteiger partial charge in [0.2, 0.25) is 0 Å². The van der Waals surface area contributed by atoms with Gasteiger partial charge >= 0.3 is 0 Å². The van der Waals surface area contributed by atoms with Crippen LogP contribution in [0.25, 0.3) is 16.9 Å². The molecule has 130 valence electrons. The van der Waals surface area contributed by atoms with Crippen LogP contribution in [0.15, 0.2) is 48.7 Å². The minimum Gasteiger partial charge on any atom is -0.504 e. The van der Waals surface area contributed by atoms with Crippen molar-refractivity contribution in [2.45, 2.75) is 0 Å². The summed E-state index contributed by atoms with van der Waals surface area (Å²) in [6.07, 6.45) is 1.76. The maximum absolute atomic E-state index is 9.60. The van der Waals surface area contributed by atoms with Crippen LogP contribution in [0.1, 0.15) is 0 Å². The van der Waals surface area contributed by atoms with Crippen LogP contribution >= 0.6 is 0 Å². The normalized spacial score (nSPS) is 11.0. The summed E-state index contributed by atoms with van der Waals surface area (Å²) in [7, 11) is 4.01. The third-order valence-electron chi connectivity index (χ3n) is 3.67. The van der Waals surface area contributed by atoms with Gasteiger partial charge in [0.1, 0.15) is 18.1 Å². The Kier molecular flexibility index (Phi) is 4.85. The van der Waals surface area contributed by atoms with E-state index in [2.05, 4.69) is 15.2 Å². The Morgan fingerprint density at radius 3 is 2.48 bits per heavy atom. The smallest absolute Gasteiger partial charge is 0.158 e. The van der Waals surface area contributed by atoms with Crippen molar-refractivity contribution in [1.29, 1.82) is 0 Å². The van der Waals surface area contributed by atoms with Gasteiger partial charge < -0.3 is 19.8 Å². The second kappa shape index (κ2) is 7.23. The molecule has 0 bridgehead atoms. The SMILES string of the molecule is CN(C)CCOc1ccc(-n2cc(-c3ccc(O)c(O)c3)nn2)cc1. The van der Waals surface area contributed by atoms with Crippen molar-refractivity contribution >= 4 is 0 Å². The molecule has 0 fully saturated rings. The number of rotatable bonds is 6. The monoisotopic (exact) mass is 340 g/mol. The first-order chi connectivity index (χ1) is 12.0. The molecule has 0 spiro atoms. The molecular formula is C18H20N4O3. The zero-order chi connectivity index (χ0) is 17.8. The molecule has 2 aromatic carbocycles. The third-order valence-corrected chi connectivity index (χ3v) is 3.67. The zero-order valence-electron chi connectivity index (χ0n) is 14.1. The highest BCUT2D eigenvalue weighted by Gasteiger charge is 2.08. The fourth-order valence-electron chi connectivity index (χ4n) is 2.25. The van der Waals surface area contributed by atoms with Gasteiger partial charge in [-0.15, -0.1) is 5.10 Å². The maximum atomic E-state index is 9.60. The molecule has 1 aromatic heterocycles. The summed E-state index contributed by atoms with van der Waals surface area (Å²) in [6.45, 7) is 1.48. The van der Waals surface area contributed by atoms with Crippen LogP contribution in [0.4, 0.5) is 0 Å². The van der Waals surface area contributed by atoms with Crippen LogP contribution in [0, 0.1) is 0 Å². The molecule has 3 aromatic rings. The topological polar surface area (TPSA) is 83.6 Å². The number of ether oxygens (including phenoxy) is 1. The third kappa shape index (κ3) is 4.07. The number of hydrogen-bond acceptors (Lipinski definition) is 6. The first-order valence-corrected chi connectivity index (χ1v) is 7.85. The molecule has 1 heterocycles. The van der Waals surface area contributed by atoms with Crippen molar-refractivity contribution in [3.63, 3.8) is 0 Å². The first-order valence-electron chi connectivity index (χ1n) is 7.85. The Balaban J connectivity index is 1.72. The quantitative estimate of drug-likeness (QED) is 0.670. The Morgan fingerprint density at radius 2 is 1.80 bits per heavy atom. The molecule has 0 atom stereocenters. The molecule has 2 N–H and O–H groups in total. The van der Waals surface area contributed by atoms with Gasteiger partial charge in [-0.1, -0.05) is 5.21 Å². The Labute approximate surface area is 145 Å². The van der Waals surface area contributed by atoms with E-state index in [9.17, 15) is 10.2 Å². The van der Waals surface area contributed by atoms with Crippen molar-refractivity contribution in [2.75, 3.05) is 27.2 Å². The number of hydrogen-bond donors (Lipinski definition) is 2. The fraction of sp³-hybridized carbons (Fsp3) is 0.222. The second-order valence-electron chi connectivity index (χ2n) is 5.90. The lowest BCUT2D eigenvalue weighted by Gasteiger charge is -2.11. The largest absolute Gasteiger partial charge is 0.504 e. The Morgan fingerprint density at radius 1 is 1.04 bits per heavy atom. The van der Waals surface area contributed by atoms with Gasteiger partial charge in [-0.3, -0.25) is 0 Å². The van der Waals surface area contributed by atoms with Crippen LogP contribution in [0.5, 0.6) is 17.2 Å². The Bertz CT molecular complexity index is 844. The molecule has 7 nitrogen and oxygen atoms in total. The highest BCUT2D eigenvalue weighted by atomic mass is 16.5. The van der Waals surface area contributed by atoms with E-state index in [0.29, 0.717) is 17.9 Å². The van der Waals surface area contributed by atoms with Crippen LogP contribution in [-0.2, 0) is 0 Å². The number of aromatic hydroxyl groups is 2. The van der Waals surface area contributed by atoms with Crippen LogP contribution in [-0.4, -0.2) is 57.4 Å². The Hall–Kier alpha value is -3.06. The summed E-state index contributed by atoms with van der Waals surface area (Å²) in [5.41, 5.74) is 2.12. The van der Waals surface area contributed by atoms with Gasteiger partial charge in [0.25, 0.3) is 0 Å². The summed E-state index contributed by atoms with van der Waals surface area (Å²) >= 11 is 0. The second-order valence-corrected chi connectivity index (χ2v) is 5.90. The van der Waals surface area contributed by atoms with Crippen molar-refractivity contribution < 1.29 is 14.9 Å². The number of benzene rings is 2. The van der Waals surface area contributed by atoms with E-state index in [0.717, 1.165) is 18.0 Å². The van der Waals surface area contributed by atoms with Crippen molar-refractivity contribution in [1.82, 2.24) is 19.9 Å². The fourth-order valence-corrected chi connectivity index (χ4v) is 2.25. The molecule has 0 unspecified atom stereocenters. The van der Waals surface area contributed by atoms with E-state index in [4.69, 9.17) is 4.74 Å². The summed E-state index contributed by atoms with van der Waals surface area (Å²) in [4.78, 5) is 2.06. The van der Waals surface area contributed by atoms with Gasteiger partial charge in [0, 0.05) is 12.1 Å². The van der Waals surface area contributed by atoms with Crippen LogP contribution in [0.3, 0.4) is 0 Å². The molecule has 0 aliphatic heterocycles. The number of aromatic nitrogens is 3. The minimum atomic E-state index is -0.189. The van der Waals surface area contributed by atoms with Crippen molar-refractivity contribution in [3.8, 4) is 34.2 Å². The summed E-state index contributed by atoms with van der Waals surface area (Å²) in [6, 6.07) is 12.1. The number of phenols is 2. The van der Waals surface area contributed by atoms with Gasteiger partial charge in [-0.05, 0) is 56.6 Å². The van der Waals surface area contributed by atoms with Crippen LogP contribution < -0.4 is 4.74 Å². The predicted molar refractivity (Wildman–Crippen MR) is 94.2 cm³/mol. The lowest BCUT2D eigenvalue weighted by molar-refractivity contribution is 0.261. The lowest BCUT2D eigenvalue weighted by atomic mass is 10.1. The van der Waals surface area contributed by atoms with E-state index in [1.807, 2.05) is 38.4 Å². The molecule has 25 heavy (non-hydrogen) atoms. The van der Waals surface area contributed by atoms with Gasteiger partial charge in [-0.2, -0.15) is 0 Å². The molecule has 0 amide bonds. The first kappa shape index (κ1) is 16.8. The number of nitrogens with zero attached hydrogens (tertiary/aromatic N) is 4. The van der Waals surface area contributed by atoms with Gasteiger partial charge in [0.05, 0.1) is 11.9 Å². The highest BCUT2D eigenvalue weighted by Crippen LogP contribution is 2.29. The van der Waals surface area contributed by atoms with E-state index in [1.165, 1.54) is 12.1 Å². The molecule has 7 heteroatoms. The maximum Gasteiger partial charge on any atom is 0.158 e. The highest BCUT2D eigenvalue weighted by molar-refractivity contribution is 5.62. The standard InChI is InChI=1S/C18H20N4O3/c1-21(2)9-10-25-15-6-4-14(5-7-15)22-12-16(19-20-22)13-3-8-17(23)18(24)11-13/h3-8,11-12,23-24H,9-10H2,1-2H3. The van der Waals surface area contributed by atoms with Crippen molar-refractivity contribution in [3.05, 3.63) is 48.7 Å². The van der Waals surface area contributed by atoms with E-state index in [1.54, 1.807) is 16.9 Å². The van der Waals surface area contributed by atoms with E-state index in [-0.39, 0.29) is 11.5 Å². The van der Waals surface area contributed by atoms with E-state index < -0.39 is 0 Å². The zero-order valence-corrected chi connectivity index (χ0v) is 14.1. The summed E-state index contributed by atoms with van der Waals surface area (Å²) < 4.78 is 7.31. The predicted octanol–water partition coefficient (Wildman–Crippen LogP) is 2.29. The van der Waals surface area contributed by atoms with Crippen LogP contribution in [0.2, 0.25) is 0 Å². The van der Waals surface area contributed by atoms with E-state index >= 15 is 0 Å². The van der Waals surface area contributed by atoms with Crippen molar-refractivity contribution in [2.24, 2.45) is 0 Å². The molecule has 0 aliphatic rings.